The number of aryl methyl sites for hydroxylation is 1. The first-order valence-electron chi connectivity index (χ1n) is 9.32. The van der Waals surface area contributed by atoms with E-state index in [1.165, 1.54) is 0 Å². The normalized spacial score (nSPS) is 10.7. The van der Waals surface area contributed by atoms with Gasteiger partial charge >= 0.3 is 0 Å². The van der Waals surface area contributed by atoms with Gasteiger partial charge in [-0.1, -0.05) is 23.1 Å². The lowest BCUT2D eigenvalue weighted by Gasteiger charge is -2.05. The number of hydrogen-bond donors (Lipinski definition) is 2. The third-order valence-electron chi connectivity index (χ3n) is 4.81. The van der Waals surface area contributed by atoms with Gasteiger partial charge in [-0.25, -0.2) is 0 Å². The van der Waals surface area contributed by atoms with Crippen LogP contribution in [-0.4, -0.2) is 27.4 Å². The predicted octanol–water partition coefficient (Wildman–Crippen LogP) is 4.56. The Kier molecular flexibility index (Phi) is 4.30. The van der Waals surface area contributed by atoms with E-state index in [4.69, 9.17) is 9.26 Å². The van der Waals surface area contributed by atoms with Crippen LogP contribution in [0.15, 0.2) is 59.4 Å². The molecule has 0 fully saturated rings. The Hall–Kier alpha value is -4.31. The molecule has 0 aliphatic rings. The third kappa shape index (κ3) is 3.20. The molecule has 2 N–H and O–H groups in total. The Labute approximate surface area is 172 Å². The highest BCUT2D eigenvalue weighted by Gasteiger charge is 2.14. The number of hydrogen-bond acceptors (Lipinski definition) is 6. The predicted molar refractivity (Wildman–Crippen MR) is 115 cm³/mol. The lowest BCUT2D eigenvalue weighted by molar-refractivity contribution is 0.415. The van der Waals surface area contributed by atoms with Gasteiger partial charge in [0, 0.05) is 28.9 Å². The van der Waals surface area contributed by atoms with Gasteiger partial charge in [-0.2, -0.15) is 5.10 Å². The standard InChI is InChI=1S/C23H17N5O2/c1-14-19(8-6-15-7-9-21-16(10-15)12-25-27-21)22-20(13-24-14)23(28-30-22)26-17-4-3-5-18(11-17)29-2/h3-5,7,9-13H,1-2H3,(H,25,27)(H,26,28). The molecule has 3 heterocycles. The fourth-order valence-electron chi connectivity index (χ4n) is 3.22. The molecule has 0 aliphatic heterocycles. The smallest absolute Gasteiger partial charge is 0.188 e. The lowest BCUT2D eigenvalue weighted by Crippen LogP contribution is -1.93. The molecule has 30 heavy (non-hydrogen) atoms. The van der Waals surface area contributed by atoms with Crippen molar-refractivity contribution in [3.05, 3.63) is 71.7 Å². The summed E-state index contributed by atoms with van der Waals surface area (Å²) < 4.78 is 10.9. The fraction of sp³-hybridized carbons (Fsp3) is 0.0870. The molecule has 0 amide bonds. The number of aromatic nitrogens is 4. The summed E-state index contributed by atoms with van der Waals surface area (Å²) in [6.07, 6.45) is 3.52. The number of rotatable bonds is 3. The Morgan fingerprint density at radius 2 is 2.03 bits per heavy atom. The van der Waals surface area contributed by atoms with E-state index in [-0.39, 0.29) is 0 Å². The largest absolute Gasteiger partial charge is 0.497 e. The number of benzene rings is 2. The molecule has 5 rings (SSSR count). The average molecular weight is 395 g/mol. The first kappa shape index (κ1) is 17.8. The minimum absolute atomic E-state index is 0.577. The van der Waals surface area contributed by atoms with Crippen LogP contribution in [0.1, 0.15) is 16.8 Å². The number of aromatic amines is 1. The number of anilines is 2. The topological polar surface area (TPSA) is 88.9 Å². The van der Waals surface area contributed by atoms with Gasteiger partial charge in [0.25, 0.3) is 0 Å². The van der Waals surface area contributed by atoms with Crippen LogP contribution in [0.2, 0.25) is 0 Å². The second-order valence-corrected chi connectivity index (χ2v) is 6.77. The van der Waals surface area contributed by atoms with Gasteiger partial charge in [-0.15, -0.1) is 0 Å². The van der Waals surface area contributed by atoms with Crippen LogP contribution in [-0.2, 0) is 0 Å². The number of H-pyrrole nitrogens is 1. The van der Waals surface area contributed by atoms with Crippen LogP contribution in [0.4, 0.5) is 11.5 Å². The van der Waals surface area contributed by atoms with Crippen molar-refractivity contribution in [1.29, 1.82) is 0 Å². The number of fused-ring (bicyclic) bond motifs is 2. The first-order valence-corrected chi connectivity index (χ1v) is 9.32. The SMILES string of the molecule is COc1cccc(Nc2noc3c(C#Cc4ccc5[nH]ncc5c4)c(C)ncc23)c1. The zero-order chi connectivity index (χ0) is 20.5. The van der Waals surface area contributed by atoms with Crippen molar-refractivity contribution >= 4 is 33.4 Å². The van der Waals surface area contributed by atoms with Crippen LogP contribution in [0.25, 0.3) is 21.9 Å². The summed E-state index contributed by atoms with van der Waals surface area (Å²) in [5.41, 5.74) is 4.80. The Bertz CT molecular complexity index is 1440. The molecule has 0 spiro atoms. The van der Waals surface area contributed by atoms with Gasteiger partial charge < -0.3 is 14.6 Å². The Balaban J connectivity index is 1.52. The maximum absolute atomic E-state index is 5.63. The highest BCUT2D eigenvalue weighted by molar-refractivity contribution is 5.93. The van der Waals surface area contributed by atoms with E-state index in [0.29, 0.717) is 17.0 Å². The Morgan fingerprint density at radius 1 is 1.10 bits per heavy atom. The highest BCUT2D eigenvalue weighted by atomic mass is 16.5. The molecule has 0 radical (unpaired) electrons. The second kappa shape index (κ2) is 7.26. The quantitative estimate of drug-likeness (QED) is 0.436. The minimum Gasteiger partial charge on any atom is -0.497 e. The second-order valence-electron chi connectivity index (χ2n) is 6.77. The molecule has 3 aromatic heterocycles. The number of ether oxygens (including phenoxy) is 1. The molecule has 2 aromatic carbocycles. The summed E-state index contributed by atoms with van der Waals surface area (Å²) in [6, 6.07) is 13.5. The van der Waals surface area contributed by atoms with Gasteiger partial charge in [0.15, 0.2) is 11.4 Å². The molecule has 0 unspecified atom stereocenters. The summed E-state index contributed by atoms with van der Waals surface area (Å²) in [4.78, 5) is 4.49. The zero-order valence-electron chi connectivity index (χ0n) is 16.4. The molecule has 7 nitrogen and oxygen atoms in total. The molecule has 146 valence electrons. The summed E-state index contributed by atoms with van der Waals surface area (Å²) in [5.74, 6) is 7.72. The van der Waals surface area contributed by atoms with Gasteiger partial charge in [0.2, 0.25) is 0 Å². The van der Waals surface area contributed by atoms with E-state index in [0.717, 1.165) is 39.0 Å². The number of methoxy groups -OCH3 is 1. The van der Waals surface area contributed by atoms with Crippen LogP contribution in [0, 0.1) is 18.8 Å². The van der Waals surface area contributed by atoms with Gasteiger partial charge in [0.1, 0.15) is 5.75 Å². The highest BCUT2D eigenvalue weighted by Crippen LogP contribution is 2.29. The average Bonchev–Trinajstić information content (AvgIpc) is 3.40. The summed E-state index contributed by atoms with van der Waals surface area (Å²) in [5, 5.41) is 16.2. The zero-order valence-corrected chi connectivity index (χ0v) is 16.4. The van der Waals surface area contributed by atoms with Crippen molar-refractivity contribution in [2.75, 3.05) is 12.4 Å². The number of nitrogens with one attached hydrogen (secondary N) is 2. The van der Waals surface area contributed by atoms with Crippen molar-refractivity contribution in [2.24, 2.45) is 0 Å². The van der Waals surface area contributed by atoms with Crippen LogP contribution in [0.3, 0.4) is 0 Å². The monoisotopic (exact) mass is 395 g/mol. The van der Waals surface area contributed by atoms with E-state index in [1.807, 2.05) is 49.4 Å². The van der Waals surface area contributed by atoms with E-state index in [2.05, 4.69) is 37.5 Å². The van der Waals surface area contributed by atoms with Crippen LogP contribution in [0.5, 0.6) is 5.75 Å². The molecule has 7 heteroatoms. The van der Waals surface area contributed by atoms with Crippen molar-refractivity contribution in [2.45, 2.75) is 6.92 Å². The van der Waals surface area contributed by atoms with Crippen molar-refractivity contribution < 1.29 is 9.26 Å². The maximum atomic E-state index is 5.63. The Morgan fingerprint density at radius 3 is 2.93 bits per heavy atom. The number of nitrogens with zero attached hydrogens (tertiary/aromatic N) is 3. The van der Waals surface area contributed by atoms with Gasteiger partial charge in [-0.3, -0.25) is 10.1 Å². The molecular formula is C23H17N5O2. The van der Waals surface area contributed by atoms with Crippen molar-refractivity contribution in [3.8, 4) is 17.6 Å². The lowest BCUT2D eigenvalue weighted by atomic mass is 10.1. The van der Waals surface area contributed by atoms with E-state index >= 15 is 0 Å². The van der Waals surface area contributed by atoms with Crippen molar-refractivity contribution in [1.82, 2.24) is 20.3 Å². The third-order valence-corrected chi connectivity index (χ3v) is 4.81. The molecule has 0 saturated carbocycles. The molecule has 0 aliphatic carbocycles. The summed E-state index contributed by atoms with van der Waals surface area (Å²) in [6.45, 7) is 1.90. The number of pyridine rings is 1. The summed E-state index contributed by atoms with van der Waals surface area (Å²) in [7, 11) is 1.63. The molecule has 0 bridgehead atoms. The maximum Gasteiger partial charge on any atom is 0.188 e. The fourth-order valence-corrected chi connectivity index (χ4v) is 3.22. The first-order chi connectivity index (χ1) is 14.7. The molecule has 5 aromatic rings. The van der Waals surface area contributed by atoms with E-state index in [1.54, 1.807) is 19.5 Å². The van der Waals surface area contributed by atoms with Crippen molar-refractivity contribution in [3.63, 3.8) is 0 Å². The summed E-state index contributed by atoms with van der Waals surface area (Å²) >= 11 is 0. The molecular weight excluding hydrogens is 378 g/mol. The van der Waals surface area contributed by atoms with Crippen LogP contribution < -0.4 is 10.1 Å². The molecule has 0 saturated heterocycles. The van der Waals surface area contributed by atoms with E-state index < -0.39 is 0 Å². The van der Waals surface area contributed by atoms with Crippen LogP contribution >= 0.6 is 0 Å². The van der Waals surface area contributed by atoms with Gasteiger partial charge in [-0.05, 0) is 37.3 Å². The minimum atomic E-state index is 0.577. The molecule has 0 atom stereocenters. The van der Waals surface area contributed by atoms with E-state index in [9.17, 15) is 0 Å². The van der Waals surface area contributed by atoms with Gasteiger partial charge in [0.05, 0.1) is 35.5 Å².